The third-order valence-electron chi connectivity index (χ3n) is 3.46. The lowest BCUT2D eigenvalue weighted by Crippen LogP contribution is -2.38. The summed E-state index contributed by atoms with van der Waals surface area (Å²) in [5, 5.41) is 0. The molecule has 0 atom stereocenters. The van der Waals surface area contributed by atoms with Crippen molar-refractivity contribution >= 4 is 18.2 Å². The van der Waals surface area contributed by atoms with Gasteiger partial charge in [0.2, 0.25) is 7.28 Å². The fourth-order valence-corrected chi connectivity index (χ4v) is 2.09. The van der Waals surface area contributed by atoms with E-state index in [1.54, 1.807) is 0 Å². The van der Waals surface area contributed by atoms with Crippen LogP contribution in [0.2, 0.25) is 0 Å². The van der Waals surface area contributed by atoms with Crippen molar-refractivity contribution in [3.63, 3.8) is 0 Å². The highest BCUT2D eigenvalue weighted by Gasteiger charge is 2.26. The molecule has 0 N–H and O–H groups in total. The van der Waals surface area contributed by atoms with Crippen LogP contribution in [0.1, 0.15) is 11.1 Å². The van der Waals surface area contributed by atoms with Gasteiger partial charge in [0.05, 0.1) is 0 Å². The smallest absolute Gasteiger partial charge is 0.204 e. The first-order valence-corrected chi connectivity index (χ1v) is 6.11. The quantitative estimate of drug-likeness (QED) is 0.453. The Hall–Kier alpha value is -1.99. The van der Waals surface area contributed by atoms with Crippen molar-refractivity contribution in [2.24, 2.45) is 0 Å². The molecule has 0 spiro atoms. The first-order chi connectivity index (χ1) is 10.2. The van der Waals surface area contributed by atoms with E-state index >= 15 is 0 Å². The van der Waals surface area contributed by atoms with Crippen molar-refractivity contribution in [1.29, 1.82) is 0 Å². The maximum atomic E-state index is 13.8. The lowest BCUT2D eigenvalue weighted by Gasteiger charge is -2.12. The average molecular weight is 320 g/mol. The summed E-state index contributed by atoms with van der Waals surface area (Å²) in [4.78, 5) is 0. The molecule has 8 heteroatoms. The molecule has 0 nitrogen and oxygen atoms in total. The molecule has 0 aliphatic heterocycles. The number of rotatable bonds is 2. The SMILES string of the molecule is Cc1c(F)c(F)c(Bc2c(F)cc(F)c(F)c2C)c(F)c1F. The monoisotopic (exact) mass is 320 g/mol. The van der Waals surface area contributed by atoms with E-state index in [-0.39, 0.29) is 6.07 Å². The van der Waals surface area contributed by atoms with Gasteiger partial charge in [-0.2, -0.15) is 0 Å². The fourth-order valence-electron chi connectivity index (χ4n) is 2.09. The molecule has 0 aliphatic rings. The zero-order valence-corrected chi connectivity index (χ0v) is 11.4. The number of halogens is 7. The molecule has 0 fully saturated rings. The lowest BCUT2D eigenvalue weighted by atomic mass is 9.61. The van der Waals surface area contributed by atoms with Gasteiger partial charge in [-0.15, -0.1) is 0 Å². The van der Waals surface area contributed by atoms with Gasteiger partial charge in [0, 0.05) is 11.6 Å². The predicted octanol–water partition coefficient (Wildman–Crippen LogP) is 2.66. The van der Waals surface area contributed by atoms with Gasteiger partial charge in [0.1, 0.15) is 5.82 Å². The summed E-state index contributed by atoms with van der Waals surface area (Å²) in [7, 11) is -0.958. The molecule has 0 saturated heterocycles. The first-order valence-electron chi connectivity index (χ1n) is 6.11. The minimum Gasteiger partial charge on any atom is -0.207 e. The molecule has 2 aromatic rings. The van der Waals surface area contributed by atoms with Crippen LogP contribution in [0.15, 0.2) is 6.07 Å². The molecule has 0 unspecified atom stereocenters. The van der Waals surface area contributed by atoms with Crippen molar-refractivity contribution < 1.29 is 30.7 Å². The molecule has 0 radical (unpaired) electrons. The van der Waals surface area contributed by atoms with E-state index in [0.29, 0.717) is 0 Å². The second-order valence-electron chi connectivity index (χ2n) is 4.79. The third-order valence-corrected chi connectivity index (χ3v) is 3.46. The van der Waals surface area contributed by atoms with Crippen LogP contribution in [0.3, 0.4) is 0 Å². The van der Waals surface area contributed by atoms with Crippen molar-refractivity contribution in [1.82, 2.24) is 0 Å². The Balaban J connectivity index is 2.66. The van der Waals surface area contributed by atoms with E-state index in [2.05, 4.69) is 0 Å². The topological polar surface area (TPSA) is 0 Å². The summed E-state index contributed by atoms with van der Waals surface area (Å²) in [6.45, 7) is 1.83. The molecule has 2 rings (SSSR count). The highest BCUT2D eigenvalue weighted by atomic mass is 19.2. The predicted molar refractivity (Wildman–Crippen MR) is 68.5 cm³/mol. The van der Waals surface area contributed by atoms with Gasteiger partial charge >= 0.3 is 0 Å². The van der Waals surface area contributed by atoms with E-state index in [1.165, 1.54) is 0 Å². The number of benzene rings is 2. The van der Waals surface area contributed by atoms with Gasteiger partial charge in [-0.1, -0.05) is 0 Å². The van der Waals surface area contributed by atoms with Crippen molar-refractivity contribution in [3.05, 3.63) is 57.9 Å². The Morgan fingerprint density at radius 2 is 1.09 bits per heavy atom. The zero-order valence-electron chi connectivity index (χ0n) is 11.4. The van der Waals surface area contributed by atoms with Crippen LogP contribution in [0, 0.1) is 54.6 Å². The molecule has 0 bridgehead atoms. The standard InChI is InChI=1S/C14H8BF7/c1-4-8(6(16)3-7(17)10(4)18)15-9-13(21)11(19)5(2)12(20)14(9)22/h3,15H,1-2H3. The summed E-state index contributed by atoms with van der Waals surface area (Å²) in [5.41, 5.74) is -3.06. The maximum absolute atomic E-state index is 13.8. The van der Waals surface area contributed by atoms with Gasteiger partial charge in [-0.05, 0) is 30.3 Å². The van der Waals surface area contributed by atoms with Gasteiger partial charge in [-0.25, -0.2) is 30.7 Å². The van der Waals surface area contributed by atoms with E-state index < -0.39 is 70.1 Å². The molecule has 2 aromatic carbocycles. The Morgan fingerprint density at radius 3 is 1.59 bits per heavy atom. The maximum Gasteiger partial charge on any atom is 0.204 e. The van der Waals surface area contributed by atoms with E-state index in [1.807, 2.05) is 0 Å². The van der Waals surface area contributed by atoms with E-state index in [4.69, 9.17) is 0 Å². The fraction of sp³-hybridized carbons (Fsp3) is 0.143. The van der Waals surface area contributed by atoms with Crippen LogP contribution in [-0.2, 0) is 0 Å². The zero-order chi connectivity index (χ0) is 16.8. The molecule has 22 heavy (non-hydrogen) atoms. The van der Waals surface area contributed by atoms with Gasteiger partial charge in [0.25, 0.3) is 0 Å². The molecular weight excluding hydrogens is 312 g/mol. The Labute approximate surface area is 121 Å². The van der Waals surface area contributed by atoms with Crippen LogP contribution >= 0.6 is 0 Å². The van der Waals surface area contributed by atoms with Crippen LogP contribution in [0.5, 0.6) is 0 Å². The summed E-state index contributed by atoms with van der Waals surface area (Å²) in [6.07, 6.45) is 0. The molecule has 0 aliphatic carbocycles. The first kappa shape index (κ1) is 16.4. The molecule has 0 heterocycles. The van der Waals surface area contributed by atoms with Crippen molar-refractivity contribution in [3.8, 4) is 0 Å². The summed E-state index contributed by atoms with van der Waals surface area (Å²) < 4.78 is 94.6. The van der Waals surface area contributed by atoms with Gasteiger partial charge in [-0.3, -0.25) is 0 Å². The average Bonchev–Trinajstić information content (AvgIpc) is 2.48. The van der Waals surface area contributed by atoms with Crippen LogP contribution in [0.25, 0.3) is 0 Å². The van der Waals surface area contributed by atoms with E-state index in [9.17, 15) is 30.7 Å². The normalized spacial score (nSPS) is 11.0. The lowest BCUT2D eigenvalue weighted by molar-refractivity contribution is 0.454. The molecular formula is C14H8BF7. The Morgan fingerprint density at radius 1 is 0.591 bits per heavy atom. The molecule has 0 saturated carbocycles. The van der Waals surface area contributed by atoms with Crippen molar-refractivity contribution in [2.45, 2.75) is 13.8 Å². The minimum absolute atomic E-state index is 0.203. The van der Waals surface area contributed by atoms with Crippen LogP contribution in [0.4, 0.5) is 30.7 Å². The van der Waals surface area contributed by atoms with Crippen molar-refractivity contribution in [2.75, 3.05) is 0 Å². The Bertz CT molecular complexity index is 742. The van der Waals surface area contributed by atoms with Crippen LogP contribution < -0.4 is 10.9 Å². The molecule has 0 aromatic heterocycles. The minimum atomic E-state index is -1.69. The third kappa shape index (κ3) is 2.46. The number of hydrogen-bond acceptors (Lipinski definition) is 0. The van der Waals surface area contributed by atoms with E-state index in [0.717, 1.165) is 13.8 Å². The highest BCUT2D eigenvalue weighted by Crippen LogP contribution is 2.17. The summed E-state index contributed by atoms with van der Waals surface area (Å²) in [6, 6.07) is 0.203. The molecule has 116 valence electrons. The second-order valence-corrected chi connectivity index (χ2v) is 4.79. The largest absolute Gasteiger partial charge is 0.207 e. The number of hydrogen-bond donors (Lipinski definition) is 0. The highest BCUT2D eigenvalue weighted by molar-refractivity contribution is 6.68. The second kappa shape index (κ2) is 5.66. The van der Waals surface area contributed by atoms with Gasteiger partial charge < -0.3 is 0 Å². The summed E-state index contributed by atoms with van der Waals surface area (Å²) >= 11 is 0. The molecule has 0 amide bonds. The Kier molecular flexibility index (Phi) is 4.22. The van der Waals surface area contributed by atoms with Gasteiger partial charge in [0.15, 0.2) is 34.9 Å². The summed E-state index contributed by atoms with van der Waals surface area (Å²) in [5.74, 6) is -10.8. The van der Waals surface area contributed by atoms with Crippen LogP contribution in [-0.4, -0.2) is 7.28 Å².